The summed E-state index contributed by atoms with van der Waals surface area (Å²) in [6.07, 6.45) is 5.72. The second-order valence-corrected chi connectivity index (χ2v) is 4.38. The zero-order chi connectivity index (χ0) is 9.68. The lowest BCUT2D eigenvalue weighted by atomic mass is 9.92. The van der Waals surface area contributed by atoms with E-state index >= 15 is 0 Å². The lowest BCUT2D eigenvalue weighted by molar-refractivity contribution is 0.0891. The molecule has 0 radical (unpaired) electrons. The van der Waals surface area contributed by atoms with Gasteiger partial charge in [-0.2, -0.15) is 0 Å². The third kappa shape index (κ3) is 3.65. The number of aliphatic hydroxyl groups is 1. The van der Waals surface area contributed by atoms with Crippen molar-refractivity contribution in [1.29, 1.82) is 0 Å². The molecule has 0 spiro atoms. The summed E-state index contributed by atoms with van der Waals surface area (Å²) in [6, 6.07) is 0.364. The lowest BCUT2D eigenvalue weighted by Crippen LogP contribution is -2.43. The van der Waals surface area contributed by atoms with E-state index < -0.39 is 0 Å². The monoisotopic (exact) mass is 185 g/mol. The van der Waals surface area contributed by atoms with E-state index in [0.717, 1.165) is 25.3 Å². The zero-order valence-electron chi connectivity index (χ0n) is 8.92. The van der Waals surface area contributed by atoms with Gasteiger partial charge in [0, 0.05) is 6.04 Å². The van der Waals surface area contributed by atoms with Gasteiger partial charge in [-0.1, -0.05) is 33.1 Å². The molecule has 13 heavy (non-hydrogen) atoms. The Labute approximate surface area is 81.7 Å². The molecule has 2 heteroatoms. The molecule has 1 rings (SSSR count). The standard InChI is InChI=1S/C11H23NO/c1-3-9(2)8-12-10-6-4-5-7-11(10)13/h9-13H,3-8H2,1-2H3. The highest BCUT2D eigenvalue weighted by molar-refractivity contribution is 4.80. The first-order valence-electron chi connectivity index (χ1n) is 5.65. The highest BCUT2D eigenvalue weighted by Gasteiger charge is 2.22. The van der Waals surface area contributed by atoms with Gasteiger partial charge in [-0.05, 0) is 25.3 Å². The van der Waals surface area contributed by atoms with Gasteiger partial charge < -0.3 is 10.4 Å². The average Bonchev–Trinajstić information content (AvgIpc) is 2.16. The molecule has 0 bridgehead atoms. The summed E-state index contributed by atoms with van der Waals surface area (Å²) in [6.45, 7) is 5.52. The summed E-state index contributed by atoms with van der Waals surface area (Å²) in [4.78, 5) is 0. The van der Waals surface area contributed by atoms with Crippen LogP contribution in [0.25, 0.3) is 0 Å². The van der Waals surface area contributed by atoms with Crippen molar-refractivity contribution in [2.45, 2.75) is 58.1 Å². The van der Waals surface area contributed by atoms with Crippen LogP contribution in [0.15, 0.2) is 0 Å². The molecule has 2 N–H and O–H groups in total. The van der Waals surface area contributed by atoms with Crippen LogP contribution in [0, 0.1) is 5.92 Å². The molecular weight excluding hydrogens is 162 g/mol. The fourth-order valence-corrected chi connectivity index (χ4v) is 1.85. The summed E-state index contributed by atoms with van der Waals surface area (Å²) >= 11 is 0. The summed E-state index contributed by atoms with van der Waals surface area (Å²) in [5.41, 5.74) is 0. The normalized spacial score (nSPS) is 31.6. The van der Waals surface area contributed by atoms with Gasteiger partial charge in [0.05, 0.1) is 6.10 Å². The largest absolute Gasteiger partial charge is 0.392 e. The number of nitrogens with one attached hydrogen (secondary N) is 1. The van der Waals surface area contributed by atoms with Crippen LogP contribution in [-0.4, -0.2) is 23.8 Å². The molecule has 0 heterocycles. The van der Waals surface area contributed by atoms with Crippen LogP contribution in [0.2, 0.25) is 0 Å². The molecule has 0 aliphatic heterocycles. The molecule has 1 aliphatic rings. The first-order valence-corrected chi connectivity index (χ1v) is 5.65. The predicted octanol–water partition coefficient (Wildman–Crippen LogP) is 1.93. The molecule has 0 aromatic carbocycles. The fourth-order valence-electron chi connectivity index (χ4n) is 1.85. The quantitative estimate of drug-likeness (QED) is 0.701. The van der Waals surface area contributed by atoms with Gasteiger partial charge in [-0.3, -0.25) is 0 Å². The highest BCUT2D eigenvalue weighted by atomic mass is 16.3. The molecule has 1 aliphatic carbocycles. The van der Waals surface area contributed by atoms with Crippen LogP contribution in [0.3, 0.4) is 0 Å². The van der Waals surface area contributed by atoms with Crippen molar-refractivity contribution >= 4 is 0 Å². The van der Waals surface area contributed by atoms with E-state index in [-0.39, 0.29) is 6.10 Å². The molecule has 2 nitrogen and oxygen atoms in total. The predicted molar refractivity (Wildman–Crippen MR) is 55.7 cm³/mol. The lowest BCUT2D eigenvalue weighted by Gasteiger charge is -2.29. The minimum absolute atomic E-state index is 0.0993. The van der Waals surface area contributed by atoms with Gasteiger partial charge in [0.2, 0.25) is 0 Å². The second kappa shape index (κ2) is 5.61. The van der Waals surface area contributed by atoms with E-state index in [1.165, 1.54) is 19.3 Å². The van der Waals surface area contributed by atoms with E-state index in [1.54, 1.807) is 0 Å². The number of aliphatic hydroxyl groups excluding tert-OH is 1. The molecular formula is C11H23NO. The third-order valence-corrected chi connectivity index (χ3v) is 3.15. The van der Waals surface area contributed by atoms with Crippen molar-refractivity contribution < 1.29 is 5.11 Å². The highest BCUT2D eigenvalue weighted by Crippen LogP contribution is 2.18. The van der Waals surface area contributed by atoms with Crippen molar-refractivity contribution in [2.24, 2.45) is 5.92 Å². The van der Waals surface area contributed by atoms with Crippen molar-refractivity contribution in [2.75, 3.05) is 6.54 Å². The van der Waals surface area contributed by atoms with Crippen molar-refractivity contribution in [3.05, 3.63) is 0 Å². The molecule has 0 amide bonds. The fraction of sp³-hybridized carbons (Fsp3) is 1.00. The van der Waals surface area contributed by atoms with Gasteiger partial charge >= 0.3 is 0 Å². The van der Waals surface area contributed by atoms with Gasteiger partial charge in [0.15, 0.2) is 0 Å². The van der Waals surface area contributed by atoms with E-state index in [0.29, 0.717) is 6.04 Å². The number of hydrogen-bond acceptors (Lipinski definition) is 2. The van der Waals surface area contributed by atoms with Gasteiger partial charge in [0.1, 0.15) is 0 Å². The van der Waals surface area contributed by atoms with Crippen molar-refractivity contribution in [3.8, 4) is 0 Å². The Balaban J connectivity index is 2.18. The Morgan fingerprint density at radius 1 is 1.38 bits per heavy atom. The molecule has 0 aromatic rings. The zero-order valence-corrected chi connectivity index (χ0v) is 8.92. The van der Waals surface area contributed by atoms with Crippen molar-refractivity contribution in [3.63, 3.8) is 0 Å². The van der Waals surface area contributed by atoms with E-state index in [9.17, 15) is 5.11 Å². The molecule has 1 saturated carbocycles. The van der Waals surface area contributed by atoms with E-state index in [1.807, 2.05) is 0 Å². The van der Waals surface area contributed by atoms with Crippen LogP contribution < -0.4 is 5.32 Å². The Bertz CT molecular complexity index is 138. The maximum absolute atomic E-state index is 9.69. The van der Waals surface area contributed by atoms with Gasteiger partial charge in [-0.15, -0.1) is 0 Å². The van der Waals surface area contributed by atoms with Crippen LogP contribution in [0.1, 0.15) is 46.0 Å². The first kappa shape index (κ1) is 11.0. The maximum Gasteiger partial charge on any atom is 0.0693 e. The average molecular weight is 185 g/mol. The maximum atomic E-state index is 9.69. The smallest absolute Gasteiger partial charge is 0.0693 e. The van der Waals surface area contributed by atoms with Crippen LogP contribution in [0.5, 0.6) is 0 Å². The molecule has 78 valence electrons. The van der Waals surface area contributed by atoms with Crippen LogP contribution in [0.4, 0.5) is 0 Å². The summed E-state index contributed by atoms with van der Waals surface area (Å²) < 4.78 is 0. The van der Waals surface area contributed by atoms with Crippen molar-refractivity contribution in [1.82, 2.24) is 5.32 Å². The summed E-state index contributed by atoms with van der Waals surface area (Å²) in [7, 11) is 0. The summed E-state index contributed by atoms with van der Waals surface area (Å²) in [5, 5.41) is 13.2. The molecule has 1 fully saturated rings. The molecule has 3 atom stereocenters. The minimum atomic E-state index is -0.0993. The Morgan fingerprint density at radius 3 is 2.69 bits per heavy atom. The number of rotatable bonds is 4. The van der Waals surface area contributed by atoms with Gasteiger partial charge in [0.25, 0.3) is 0 Å². The SMILES string of the molecule is CCC(C)CNC1CCCCC1O. The minimum Gasteiger partial charge on any atom is -0.392 e. The molecule has 0 saturated heterocycles. The van der Waals surface area contributed by atoms with E-state index in [2.05, 4.69) is 19.2 Å². The third-order valence-electron chi connectivity index (χ3n) is 3.15. The summed E-state index contributed by atoms with van der Waals surface area (Å²) in [5.74, 6) is 0.731. The molecule has 0 aromatic heterocycles. The Hall–Kier alpha value is -0.0800. The molecule has 3 unspecified atom stereocenters. The van der Waals surface area contributed by atoms with E-state index in [4.69, 9.17) is 0 Å². The Kier molecular flexibility index (Phi) is 4.74. The first-order chi connectivity index (χ1) is 6.24. The van der Waals surface area contributed by atoms with Gasteiger partial charge in [-0.25, -0.2) is 0 Å². The Morgan fingerprint density at radius 2 is 2.08 bits per heavy atom. The second-order valence-electron chi connectivity index (χ2n) is 4.38. The number of hydrogen-bond donors (Lipinski definition) is 2. The van der Waals surface area contributed by atoms with Crippen LogP contribution >= 0.6 is 0 Å². The van der Waals surface area contributed by atoms with Crippen LogP contribution in [-0.2, 0) is 0 Å². The topological polar surface area (TPSA) is 32.3 Å².